The molecule has 0 heterocycles. The van der Waals surface area contributed by atoms with Crippen LogP contribution in [0.3, 0.4) is 0 Å². The minimum atomic E-state index is -0.777. The van der Waals surface area contributed by atoms with Crippen molar-refractivity contribution in [3.05, 3.63) is 0 Å². The summed E-state index contributed by atoms with van der Waals surface area (Å²) in [5, 5.41) is 8.86. The third-order valence-electron chi connectivity index (χ3n) is 2.04. The number of aliphatic imine (C=N–C) groups is 1. The number of carbonyl (C=O) groups is 1. The Morgan fingerprint density at radius 1 is 1.36 bits per heavy atom. The van der Waals surface area contributed by atoms with Crippen LogP contribution in [0.4, 0.5) is 0 Å². The fourth-order valence-electron chi connectivity index (χ4n) is 1.13. The molecule has 0 aromatic carbocycles. The Morgan fingerprint density at radius 2 is 1.93 bits per heavy atom. The van der Waals surface area contributed by atoms with Crippen LogP contribution in [0.1, 0.15) is 40.5 Å². The van der Waals surface area contributed by atoms with Crippen molar-refractivity contribution in [2.45, 2.75) is 40.5 Å². The lowest BCUT2D eigenvalue weighted by molar-refractivity contribution is -0.138. The first-order chi connectivity index (χ1) is 6.49. The Kier molecular flexibility index (Phi) is 6.17. The summed E-state index contributed by atoms with van der Waals surface area (Å²) >= 11 is 0. The predicted molar refractivity (Wildman–Crippen MR) is 58.8 cm³/mol. The molecule has 0 bridgehead atoms. The van der Waals surface area contributed by atoms with E-state index in [1.807, 2.05) is 6.92 Å². The van der Waals surface area contributed by atoms with Gasteiger partial charge in [0.15, 0.2) is 0 Å². The van der Waals surface area contributed by atoms with Gasteiger partial charge in [-0.3, -0.25) is 9.79 Å². The van der Waals surface area contributed by atoms with E-state index in [0.29, 0.717) is 5.92 Å². The first-order valence-corrected chi connectivity index (χ1v) is 5.25. The molecule has 0 aromatic heterocycles. The van der Waals surface area contributed by atoms with E-state index in [0.717, 1.165) is 25.1 Å². The summed E-state index contributed by atoms with van der Waals surface area (Å²) in [6.07, 6.45) is 1.74. The van der Waals surface area contributed by atoms with Gasteiger partial charge in [0.1, 0.15) is 0 Å². The number of hydrogen-bond acceptors (Lipinski definition) is 2. The smallest absolute Gasteiger partial charge is 0.311 e. The van der Waals surface area contributed by atoms with E-state index in [1.165, 1.54) is 0 Å². The summed E-state index contributed by atoms with van der Waals surface area (Å²) in [6.45, 7) is 8.64. The molecular weight excluding hydrogens is 178 g/mol. The molecule has 0 spiro atoms. The summed E-state index contributed by atoms with van der Waals surface area (Å²) in [5.41, 5.74) is 0.828. The molecule has 0 radical (unpaired) electrons. The van der Waals surface area contributed by atoms with Crippen LogP contribution in [-0.4, -0.2) is 23.3 Å². The second-order valence-electron chi connectivity index (χ2n) is 4.04. The quantitative estimate of drug-likeness (QED) is 0.668. The number of hydrogen-bond donors (Lipinski definition) is 1. The maximum Gasteiger partial charge on any atom is 0.311 e. The van der Waals surface area contributed by atoms with E-state index in [9.17, 15) is 4.79 Å². The number of nitrogens with zero attached hydrogens (tertiary/aromatic N) is 1. The Hall–Kier alpha value is -0.860. The van der Waals surface area contributed by atoms with Crippen LogP contribution in [0.25, 0.3) is 0 Å². The van der Waals surface area contributed by atoms with Gasteiger partial charge in [-0.2, -0.15) is 0 Å². The lowest BCUT2D eigenvalue weighted by Gasteiger charge is -2.10. The van der Waals surface area contributed by atoms with Gasteiger partial charge in [-0.25, -0.2) is 0 Å². The normalized spacial score (nSPS) is 14.5. The molecule has 3 nitrogen and oxygen atoms in total. The molecule has 3 heteroatoms. The van der Waals surface area contributed by atoms with Gasteiger partial charge in [-0.15, -0.1) is 0 Å². The monoisotopic (exact) mass is 199 g/mol. The second kappa shape index (κ2) is 6.57. The van der Waals surface area contributed by atoms with Crippen LogP contribution in [-0.2, 0) is 4.79 Å². The number of carboxylic acids is 1. The summed E-state index contributed by atoms with van der Waals surface area (Å²) in [4.78, 5) is 15.1. The van der Waals surface area contributed by atoms with Crippen LogP contribution < -0.4 is 0 Å². The fourth-order valence-corrected chi connectivity index (χ4v) is 1.13. The third-order valence-corrected chi connectivity index (χ3v) is 2.04. The maximum atomic E-state index is 10.8. The van der Waals surface area contributed by atoms with Crippen molar-refractivity contribution in [3.8, 4) is 0 Å². The first-order valence-electron chi connectivity index (χ1n) is 5.25. The lowest BCUT2D eigenvalue weighted by Crippen LogP contribution is -2.21. The van der Waals surface area contributed by atoms with E-state index in [-0.39, 0.29) is 0 Å². The summed E-state index contributed by atoms with van der Waals surface area (Å²) in [5.74, 6) is -0.725. The highest BCUT2D eigenvalue weighted by molar-refractivity contribution is 6.01. The average Bonchev–Trinajstić information content (AvgIpc) is 2.10. The van der Waals surface area contributed by atoms with E-state index in [1.54, 1.807) is 6.92 Å². The van der Waals surface area contributed by atoms with Crippen molar-refractivity contribution in [1.29, 1.82) is 0 Å². The van der Waals surface area contributed by atoms with E-state index >= 15 is 0 Å². The van der Waals surface area contributed by atoms with Crippen molar-refractivity contribution in [2.24, 2.45) is 16.8 Å². The van der Waals surface area contributed by atoms with Crippen LogP contribution in [0.5, 0.6) is 0 Å². The molecule has 0 aliphatic heterocycles. The van der Waals surface area contributed by atoms with Crippen LogP contribution >= 0.6 is 0 Å². The van der Waals surface area contributed by atoms with Crippen molar-refractivity contribution in [1.82, 2.24) is 0 Å². The zero-order valence-electron chi connectivity index (χ0n) is 9.58. The molecule has 0 aliphatic rings. The molecule has 82 valence electrons. The number of carboxylic acid groups (broad SMARTS) is 1. The lowest BCUT2D eigenvalue weighted by atomic mass is 10.0. The fraction of sp³-hybridized carbons (Fsp3) is 0.818. The van der Waals surface area contributed by atoms with Crippen LogP contribution in [0.15, 0.2) is 4.99 Å². The molecule has 1 N–H and O–H groups in total. The minimum Gasteiger partial charge on any atom is -0.481 e. The molecule has 1 atom stereocenters. The van der Waals surface area contributed by atoms with Gasteiger partial charge in [0.2, 0.25) is 0 Å². The molecule has 0 fully saturated rings. The average molecular weight is 199 g/mol. The molecule has 0 saturated heterocycles. The van der Waals surface area contributed by atoms with Crippen molar-refractivity contribution in [3.63, 3.8) is 0 Å². The van der Waals surface area contributed by atoms with Gasteiger partial charge in [0, 0.05) is 12.3 Å². The first kappa shape index (κ1) is 13.1. The molecule has 0 amide bonds. The van der Waals surface area contributed by atoms with Gasteiger partial charge < -0.3 is 5.11 Å². The van der Waals surface area contributed by atoms with Crippen LogP contribution in [0, 0.1) is 11.8 Å². The molecule has 14 heavy (non-hydrogen) atoms. The predicted octanol–water partition coefficient (Wildman–Crippen LogP) is 2.60. The summed E-state index contributed by atoms with van der Waals surface area (Å²) < 4.78 is 0. The third kappa shape index (κ3) is 5.00. The number of rotatable bonds is 6. The topological polar surface area (TPSA) is 49.7 Å². The Bertz CT molecular complexity index is 209. The van der Waals surface area contributed by atoms with E-state index in [4.69, 9.17) is 5.11 Å². The van der Waals surface area contributed by atoms with Gasteiger partial charge in [0.25, 0.3) is 0 Å². The molecular formula is C11H21NO2. The van der Waals surface area contributed by atoms with Crippen molar-refractivity contribution in [2.75, 3.05) is 6.54 Å². The standard InChI is InChI=1S/C11H21NO2/c1-5-6-10(9(4)11(13)14)12-7-8(2)3/h8-9H,5-7H2,1-4H3,(H,13,14). The molecule has 0 rings (SSSR count). The van der Waals surface area contributed by atoms with E-state index in [2.05, 4.69) is 18.8 Å². The highest BCUT2D eigenvalue weighted by Gasteiger charge is 2.17. The minimum absolute atomic E-state index is 0.436. The van der Waals surface area contributed by atoms with Gasteiger partial charge in [-0.05, 0) is 19.3 Å². The van der Waals surface area contributed by atoms with Gasteiger partial charge in [-0.1, -0.05) is 27.2 Å². The van der Waals surface area contributed by atoms with Gasteiger partial charge in [0.05, 0.1) is 5.92 Å². The SMILES string of the molecule is CCCC(=NCC(C)C)C(C)C(=O)O. The highest BCUT2D eigenvalue weighted by Crippen LogP contribution is 2.07. The van der Waals surface area contributed by atoms with Gasteiger partial charge >= 0.3 is 5.97 Å². The molecule has 0 saturated carbocycles. The second-order valence-corrected chi connectivity index (χ2v) is 4.04. The Labute approximate surface area is 86.2 Å². The largest absolute Gasteiger partial charge is 0.481 e. The summed E-state index contributed by atoms with van der Waals surface area (Å²) in [7, 11) is 0. The zero-order valence-corrected chi connectivity index (χ0v) is 9.58. The molecule has 1 unspecified atom stereocenters. The van der Waals surface area contributed by atoms with E-state index < -0.39 is 11.9 Å². The maximum absolute atomic E-state index is 10.8. The molecule has 0 aliphatic carbocycles. The summed E-state index contributed by atoms with van der Waals surface area (Å²) in [6, 6.07) is 0. The number of aliphatic carboxylic acids is 1. The van der Waals surface area contributed by atoms with Crippen LogP contribution in [0.2, 0.25) is 0 Å². The zero-order chi connectivity index (χ0) is 11.1. The van der Waals surface area contributed by atoms with Crippen molar-refractivity contribution < 1.29 is 9.90 Å². The molecule has 0 aromatic rings. The van der Waals surface area contributed by atoms with Crippen molar-refractivity contribution >= 4 is 11.7 Å². The Morgan fingerprint density at radius 3 is 2.29 bits per heavy atom. The Balaban J connectivity index is 4.41. The highest BCUT2D eigenvalue weighted by atomic mass is 16.4.